The minimum absolute atomic E-state index is 0.223. The summed E-state index contributed by atoms with van der Waals surface area (Å²) in [6.45, 7) is 0.223. The van der Waals surface area contributed by atoms with E-state index in [1.165, 1.54) is 0 Å². The first kappa shape index (κ1) is 12.1. The van der Waals surface area contributed by atoms with Gasteiger partial charge in [-0.25, -0.2) is 4.98 Å². The number of benzene rings is 2. The zero-order valence-electron chi connectivity index (χ0n) is 10.5. The van der Waals surface area contributed by atoms with Gasteiger partial charge in [0.05, 0.1) is 11.6 Å². The van der Waals surface area contributed by atoms with Crippen molar-refractivity contribution in [3.05, 3.63) is 53.9 Å². The van der Waals surface area contributed by atoms with Crippen LogP contribution in [0.15, 0.2) is 46.9 Å². The number of nitrogens with zero attached hydrogens (tertiary/aromatic N) is 2. The molecule has 98 valence electrons. The van der Waals surface area contributed by atoms with Crippen molar-refractivity contribution in [3.63, 3.8) is 0 Å². The second kappa shape index (κ2) is 4.94. The fraction of sp³-hybridized carbons (Fsp3) is 0.0667. The second-order valence-electron chi connectivity index (χ2n) is 4.26. The molecule has 0 bridgehead atoms. The van der Waals surface area contributed by atoms with E-state index in [0.717, 1.165) is 0 Å². The number of rotatable bonds is 3. The molecule has 20 heavy (non-hydrogen) atoms. The molecule has 0 fully saturated rings. The van der Waals surface area contributed by atoms with E-state index in [4.69, 9.17) is 20.1 Å². The van der Waals surface area contributed by atoms with Gasteiger partial charge in [0.2, 0.25) is 5.89 Å². The number of hydrogen-bond donors (Lipinski definition) is 1. The maximum atomic E-state index is 8.71. The zero-order valence-corrected chi connectivity index (χ0v) is 10.5. The first-order valence-electron chi connectivity index (χ1n) is 6.02. The Morgan fingerprint density at radius 1 is 1.20 bits per heavy atom. The van der Waals surface area contributed by atoms with Crippen molar-refractivity contribution in [2.75, 3.05) is 5.73 Å². The lowest BCUT2D eigenvalue weighted by atomic mass is 10.2. The third-order valence-electron chi connectivity index (χ3n) is 2.80. The molecule has 0 saturated heterocycles. The monoisotopic (exact) mass is 265 g/mol. The van der Waals surface area contributed by atoms with E-state index in [1.807, 2.05) is 0 Å². The minimum atomic E-state index is 0.223. The number of ether oxygens (including phenoxy) is 1. The average Bonchev–Trinajstić information content (AvgIpc) is 2.87. The lowest BCUT2D eigenvalue weighted by Gasteiger charge is -2.02. The Bertz CT molecular complexity index is 785. The maximum Gasteiger partial charge on any atom is 0.233 e. The first-order chi connectivity index (χ1) is 9.74. The maximum absolute atomic E-state index is 8.71. The van der Waals surface area contributed by atoms with E-state index in [-0.39, 0.29) is 6.61 Å². The molecule has 0 aliphatic rings. The van der Waals surface area contributed by atoms with Crippen molar-refractivity contribution < 1.29 is 9.15 Å². The average molecular weight is 265 g/mol. The van der Waals surface area contributed by atoms with Crippen molar-refractivity contribution in [2.45, 2.75) is 6.61 Å². The third kappa shape index (κ3) is 2.40. The topological polar surface area (TPSA) is 85.1 Å². The zero-order chi connectivity index (χ0) is 13.9. The number of nitrogens with two attached hydrogens (primary N) is 1. The van der Waals surface area contributed by atoms with Crippen LogP contribution in [-0.4, -0.2) is 4.98 Å². The number of nitrogen functional groups attached to an aromatic ring is 1. The van der Waals surface area contributed by atoms with Gasteiger partial charge in [-0.15, -0.1) is 0 Å². The van der Waals surface area contributed by atoms with E-state index >= 15 is 0 Å². The van der Waals surface area contributed by atoms with Crippen LogP contribution in [0, 0.1) is 11.3 Å². The molecular formula is C15H11N3O2. The Morgan fingerprint density at radius 3 is 2.75 bits per heavy atom. The molecule has 0 aliphatic heterocycles. The Labute approximate surface area is 115 Å². The van der Waals surface area contributed by atoms with Gasteiger partial charge < -0.3 is 14.9 Å². The predicted octanol–water partition coefficient (Wildman–Crippen LogP) is 2.86. The van der Waals surface area contributed by atoms with Crippen molar-refractivity contribution in [1.29, 1.82) is 5.26 Å². The SMILES string of the molecule is N#Cc1ccc(OCc2nc3cc(N)ccc3o2)cc1. The smallest absolute Gasteiger partial charge is 0.233 e. The van der Waals surface area contributed by atoms with Crippen LogP contribution in [0.4, 0.5) is 5.69 Å². The van der Waals surface area contributed by atoms with Gasteiger partial charge in [-0.1, -0.05) is 0 Å². The molecule has 1 heterocycles. The van der Waals surface area contributed by atoms with Crippen molar-refractivity contribution in [3.8, 4) is 11.8 Å². The highest BCUT2D eigenvalue weighted by atomic mass is 16.5. The lowest BCUT2D eigenvalue weighted by Crippen LogP contribution is -1.95. The molecule has 0 unspecified atom stereocenters. The largest absolute Gasteiger partial charge is 0.484 e. The van der Waals surface area contributed by atoms with Crippen LogP contribution in [-0.2, 0) is 6.61 Å². The number of aromatic nitrogens is 1. The van der Waals surface area contributed by atoms with Crippen molar-refractivity contribution >= 4 is 16.8 Å². The summed E-state index contributed by atoms with van der Waals surface area (Å²) in [5, 5.41) is 8.71. The number of fused-ring (bicyclic) bond motifs is 1. The molecule has 5 nitrogen and oxygen atoms in total. The number of anilines is 1. The van der Waals surface area contributed by atoms with Crippen LogP contribution in [0.1, 0.15) is 11.5 Å². The lowest BCUT2D eigenvalue weighted by molar-refractivity contribution is 0.267. The summed E-state index contributed by atoms with van der Waals surface area (Å²) < 4.78 is 11.1. The van der Waals surface area contributed by atoms with E-state index in [1.54, 1.807) is 42.5 Å². The summed E-state index contributed by atoms with van der Waals surface area (Å²) in [6.07, 6.45) is 0. The molecule has 2 N–H and O–H groups in total. The summed E-state index contributed by atoms with van der Waals surface area (Å²) in [4.78, 5) is 4.30. The van der Waals surface area contributed by atoms with Gasteiger partial charge >= 0.3 is 0 Å². The highest BCUT2D eigenvalue weighted by Gasteiger charge is 2.06. The molecular weight excluding hydrogens is 254 g/mol. The highest BCUT2D eigenvalue weighted by Crippen LogP contribution is 2.20. The van der Waals surface area contributed by atoms with Crippen LogP contribution in [0.5, 0.6) is 5.75 Å². The predicted molar refractivity (Wildman–Crippen MR) is 73.9 cm³/mol. The Morgan fingerprint density at radius 2 is 2.00 bits per heavy atom. The molecule has 0 aliphatic carbocycles. The fourth-order valence-corrected chi connectivity index (χ4v) is 1.82. The van der Waals surface area contributed by atoms with Gasteiger partial charge in [0.25, 0.3) is 0 Å². The van der Waals surface area contributed by atoms with Gasteiger partial charge in [0.15, 0.2) is 12.2 Å². The molecule has 5 heteroatoms. The number of oxazole rings is 1. The van der Waals surface area contributed by atoms with E-state index in [2.05, 4.69) is 11.1 Å². The van der Waals surface area contributed by atoms with Crippen LogP contribution < -0.4 is 10.5 Å². The molecule has 3 aromatic rings. The Hall–Kier alpha value is -3.00. The fourth-order valence-electron chi connectivity index (χ4n) is 1.82. The Kier molecular flexibility index (Phi) is 2.98. The quantitative estimate of drug-likeness (QED) is 0.736. The summed E-state index contributed by atoms with van der Waals surface area (Å²) in [7, 11) is 0. The summed E-state index contributed by atoms with van der Waals surface area (Å²) >= 11 is 0. The molecule has 0 amide bonds. The van der Waals surface area contributed by atoms with Crippen LogP contribution in [0.25, 0.3) is 11.1 Å². The van der Waals surface area contributed by atoms with Gasteiger partial charge in [-0.2, -0.15) is 5.26 Å². The highest BCUT2D eigenvalue weighted by molar-refractivity contribution is 5.76. The molecule has 3 rings (SSSR count). The van der Waals surface area contributed by atoms with Crippen LogP contribution in [0.2, 0.25) is 0 Å². The standard InChI is InChI=1S/C15H11N3O2/c16-8-10-1-4-12(5-2-10)19-9-15-18-13-7-11(17)3-6-14(13)20-15/h1-7H,9,17H2. The van der Waals surface area contributed by atoms with Crippen LogP contribution >= 0.6 is 0 Å². The normalized spacial score (nSPS) is 10.3. The Balaban J connectivity index is 1.74. The van der Waals surface area contributed by atoms with E-state index in [0.29, 0.717) is 34.0 Å². The molecule has 0 spiro atoms. The molecule has 0 saturated carbocycles. The minimum Gasteiger partial charge on any atom is -0.484 e. The third-order valence-corrected chi connectivity index (χ3v) is 2.80. The van der Waals surface area contributed by atoms with Gasteiger partial charge in [0.1, 0.15) is 11.3 Å². The second-order valence-corrected chi connectivity index (χ2v) is 4.26. The molecule has 2 aromatic carbocycles. The number of hydrogen-bond acceptors (Lipinski definition) is 5. The van der Waals surface area contributed by atoms with E-state index < -0.39 is 0 Å². The molecule has 0 radical (unpaired) electrons. The van der Waals surface area contributed by atoms with Crippen molar-refractivity contribution in [2.24, 2.45) is 0 Å². The van der Waals surface area contributed by atoms with Gasteiger partial charge in [-0.05, 0) is 42.5 Å². The van der Waals surface area contributed by atoms with Crippen LogP contribution in [0.3, 0.4) is 0 Å². The summed E-state index contributed by atoms with van der Waals surface area (Å²) in [6, 6.07) is 14.2. The first-order valence-corrected chi connectivity index (χ1v) is 6.02. The summed E-state index contributed by atoms with van der Waals surface area (Å²) in [5.74, 6) is 1.14. The summed E-state index contributed by atoms with van der Waals surface area (Å²) in [5.41, 5.74) is 8.31. The molecule has 0 atom stereocenters. The van der Waals surface area contributed by atoms with E-state index in [9.17, 15) is 0 Å². The number of nitriles is 1. The van der Waals surface area contributed by atoms with Gasteiger partial charge in [-0.3, -0.25) is 0 Å². The van der Waals surface area contributed by atoms with Gasteiger partial charge in [0, 0.05) is 5.69 Å². The van der Waals surface area contributed by atoms with Crippen molar-refractivity contribution in [1.82, 2.24) is 4.98 Å². The molecule has 1 aromatic heterocycles.